The molecule has 1 fully saturated rings. The average Bonchev–Trinajstić information content (AvgIpc) is 3.08. The number of carbonyl (C=O) groups excluding carboxylic acids is 2. The molecule has 25 heavy (non-hydrogen) atoms. The average molecular weight is 343 g/mol. The topological polar surface area (TPSA) is 103 Å². The fourth-order valence-electron chi connectivity index (χ4n) is 3.19. The molecule has 0 aromatic carbocycles. The van der Waals surface area contributed by atoms with Crippen LogP contribution >= 0.6 is 0 Å². The summed E-state index contributed by atoms with van der Waals surface area (Å²) in [4.78, 5) is 34.2. The molecule has 0 saturated carbocycles. The number of imidazole rings is 1. The lowest BCUT2D eigenvalue weighted by atomic mass is 9.96. The Morgan fingerprint density at radius 2 is 2.20 bits per heavy atom. The summed E-state index contributed by atoms with van der Waals surface area (Å²) in [5.41, 5.74) is 5.84. The van der Waals surface area contributed by atoms with Gasteiger partial charge in [0.25, 0.3) is 5.91 Å². The van der Waals surface area contributed by atoms with Crippen molar-refractivity contribution in [2.24, 2.45) is 5.73 Å². The summed E-state index contributed by atoms with van der Waals surface area (Å²) < 4.78 is 6.85. The molecule has 0 bridgehead atoms. The van der Waals surface area contributed by atoms with E-state index in [0.29, 0.717) is 24.5 Å². The lowest BCUT2D eigenvalue weighted by molar-refractivity contribution is -0.118. The highest BCUT2D eigenvalue weighted by atomic mass is 16.5. The summed E-state index contributed by atoms with van der Waals surface area (Å²) in [6.07, 6.45) is 6.76. The van der Waals surface area contributed by atoms with Crippen molar-refractivity contribution in [1.82, 2.24) is 19.4 Å². The summed E-state index contributed by atoms with van der Waals surface area (Å²) in [5, 5.41) is 0. The van der Waals surface area contributed by atoms with E-state index in [1.165, 1.54) is 7.11 Å². The largest absolute Gasteiger partial charge is 0.481 e. The van der Waals surface area contributed by atoms with Crippen LogP contribution in [-0.2, 0) is 11.3 Å². The summed E-state index contributed by atoms with van der Waals surface area (Å²) >= 11 is 0. The van der Waals surface area contributed by atoms with Crippen LogP contribution in [-0.4, -0.2) is 51.4 Å². The molecule has 1 aliphatic heterocycles. The Balaban J connectivity index is 1.76. The van der Waals surface area contributed by atoms with E-state index in [2.05, 4.69) is 9.97 Å². The zero-order valence-corrected chi connectivity index (χ0v) is 14.1. The van der Waals surface area contributed by atoms with Crippen molar-refractivity contribution in [1.29, 1.82) is 0 Å². The van der Waals surface area contributed by atoms with Gasteiger partial charge in [0.15, 0.2) is 0 Å². The number of aromatic nitrogens is 3. The molecular weight excluding hydrogens is 322 g/mol. The Labute approximate surface area is 145 Å². The molecule has 2 N–H and O–H groups in total. The number of nitrogens with zero attached hydrogens (tertiary/aromatic N) is 4. The maximum atomic E-state index is 12.8. The molecule has 1 atom stereocenters. The molecular formula is C17H21N5O3. The molecule has 8 nitrogen and oxygen atoms in total. The molecule has 2 amide bonds. The van der Waals surface area contributed by atoms with Crippen LogP contribution in [0.15, 0.2) is 30.7 Å². The highest BCUT2D eigenvalue weighted by molar-refractivity contribution is 5.94. The van der Waals surface area contributed by atoms with E-state index in [1.54, 1.807) is 35.3 Å². The SMILES string of the molecule is COc1cc(C(=O)N2CCC[C@@H](c3nccn3CC(N)=O)C2)ccn1. The van der Waals surface area contributed by atoms with E-state index in [-0.39, 0.29) is 18.4 Å². The maximum absolute atomic E-state index is 12.8. The second-order valence-electron chi connectivity index (χ2n) is 6.06. The van der Waals surface area contributed by atoms with Crippen LogP contribution in [0.4, 0.5) is 0 Å². The van der Waals surface area contributed by atoms with E-state index < -0.39 is 5.91 Å². The number of hydrogen-bond donors (Lipinski definition) is 1. The second kappa shape index (κ2) is 7.33. The van der Waals surface area contributed by atoms with Gasteiger partial charge < -0.3 is 19.9 Å². The van der Waals surface area contributed by atoms with Gasteiger partial charge in [-0.2, -0.15) is 0 Å². The van der Waals surface area contributed by atoms with Crippen LogP contribution in [0, 0.1) is 0 Å². The van der Waals surface area contributed by atoms with Crippen LogP contribution in [0.3, 0.4) is 0 Å². The highest BCUT2D eigenvalue weighted by Gasteiger charge is 2.28. The number of piperidine rings is 1. The Kier molecular flexibility index (Phi) is 4.97. The number of ether oxygens (including phenoxy) is 1. The number of amides is 2. The van der Waals surface area contributed by atoms with Gasteiger partial charge in [0.1, 0.15) is 12.4 Å². The molecule has 2 aromatic heterocycles. The highest BCUT2D eigenvalue weighted by Crippen LogP contribution is 2.27. The number of carbonyl (C=O) groups is 2. The molecule has 1 saturated heterocycles. The third kappa shape index (κ3) is 3.78. The first-order valence-corrected chi connectivity index (χ1v) is 8.17. The molecule has 0 radical (unpaired) electrons. The van der Waals surface area contributed by atoms with Gasteiger partial charge in [-0.3, -0.25) is 9.59 Å². The van der Waals surface area contributed by atoms with E-state index >= 15 is 0 Å². The van der Waals surface area contributed by atoms with E-state index in [1.807, 2.05) is 4.90 Å². The third-order valence-corrected chi connectivity index (χ3v) is 4.34. The number of nitrogens with two attached hydrogens (primary N) is 1. The molecule has 0 spiro atoms. The Morgan fingerprint density at radius 1 is 1.36 bits per heavy atom. The van der Waals surface area contributed by atoms with E-state index in [9.17, 15) is 9.59 Å². The summed E-state index contributed by atoms with van der Waals surface area (Å²) in [5.74, 6) is 0.820. The van der Waals surface area contributed by atoms with Gasteiger partial charge in [0.2, 0.25) is 11.8 Å². The monoisotopic (exact) mass is 343 g/mol. The zero-order chi connectivity index (χ0) is 17.8. The minimum Gasteiger partial charge on any atom is -0.481 e. The first kappa shape index (κ1) is 16.9. The molecule has 132 valence electrons. The zero-order valence-electron chi connectivity index (χ0n) is 14.1. The standard InChI is InChI=1S/C17H21N5O3/c1-25-15-9-12(4-5-19-15)17(24)22-7-2-3-13(10-22)16-20-6-8-21(16)11-14(18)23/h4-6,8-9,13H,2-3,7,10-11H2,1H3,(H2,18,23)/t13-/m1/s1. The molecule has 0 aliphatic carbocycles. The summed E-state index contributed by atoms with van der Waals surface area (Å²) in [7, 11) is 1.52. The van der Waals surface area contributed by atoms with E-state index in [4.69, 9.17) is 10.5 Å². The van der Waals surface area contributed by atoms with Crippen molar-refractivity contribution in [3.8, 4) is 5.88 Å². The summed E-state index contributed by atoms with van der Waals surface area (Å²) in [6, 6.07) is 3.32. The van der Waals surface area contributed by atoms with Gasteiger partial charge >= 0.3 is 0 Å². The second-order valence-corrected chi connectivity index (χ2v) is 6.06. The van der Waals surface area contributed by atoms with Crippen molar-refractivity contribution in [3.05, 3.63) is 42.1 Å². The van der Waals surface area contributed by atoms with Crippen LogP contribution in [0.2, 0.25) is 0 Å². The minimum atomic E-state index is -0.410. The van der Waals surface area contributed by atoms with Crippen molar-refractivity contribution < 1.29 is 14.3 Å². The molecule has 8 heteroatoms. The Bertz CT molecular complexity index is 773. The van der Waals surface area contributed by atoms with Gasteiger partial charge in [-0.05, 0) is 18.9 Å². The number of hydrogen-bond acceptors (Lipinski definition) is 5. The molecule has 3 heterocycles. The lowest BCUT2D eigenvalue weighted by Gasteiger charge is -2.32. The number of rotatable bonds is 5. The predicted molar refractivity (Wildman–Crippen MR) is 90.1 cm³/mol. The van der Waals surface area contributed by atoms with Crippen LogP contribution in [0.1, 0.15) is 34.9 Å². The van der Waals surface area contributed by atoms with Crippen molar-refractivity contribution in [2.75, 3.05) is 20.2 Å². The van der Waals surface area contributed by atoms with E-state index in [0.717, 1.165) is 18.7 Å². The fraction of sp³-hybridized carbons (Fsp3) is 0.412. The van der Waals surface area contributed by atoms with Crippen molar-refractivity contribution in [2.45, 2.75) is 25.3 Å². The first-order chi connectivity index (χ1) is 12.1. The predicted octanol–water partition coefficient (Wildman–Crippen LogP) is 0.792. The number of methoxy groups -OCH3 is 1. The minimum absolute atomic E-state index is 0.0570. The number of pyridine rings is 1. The first-order valence-electron chi connectivity index (χ1n) is 8.17. The van der Waals surface area contributed by atoms with Gasteiger partial charge in [0, 0.05) is 49.2 Å². The smallest absolute Gasteiger partial charge is 0.254 e. The van der Waals surface area contributed by atoms with Gasteiger partial charge in [-0.1, -0.05) is 0 Å². The van der Waals surface area contributed by atoms with Gasteiger partial charge in [-0.25, -0.2) is 9.97 Å². The van der Waals surface area contributed by atoms with Crippen LogP contribution in [0.25, 0.3) is 0 Å². The number of primary amides is 1. The Morgan fingerprint density at radius 3 is 2.96 bits per heavy atom. The van der Waals surface area contributed by atoms with Crippen molar-refractivity contribution in [3.63, 3.8) is 0 Å². The molecule has 0 unspecified atom stereocenters. The van der Waals surface area contributed by atoms with Crippen molar-refractivity contribution >= 4 is 11.8 Å². The Hall–Kier alpha value is -2.90. The van der Waals surface area contributed by atoms with Gasteiger partial charge in [0.05, 0.1) is 7.11 Å². The molecule has 3 rings (SSSR count). The normalized spacial score (nSPS) is 17.3. The molecule has 2 aromatic rings. The maximum Gasteiger partial charge on any atom is 0.254 e. The molecule has 1 aliphatic rings. The number of likely N-dealkylation sites (tertiary alicyclic amines) is 1. The van der Waals surface area contributed by atoms with Crippen LogP contribution in [0.5, 0.6) is 5.88 Å². The third-order valence-electron chi connectivity index (χ3n) is 4.34. The quantitative estimate of drug-likeness (QED) is 0.864. The van der Waals surface area contributed by atoms with Crippen LogP contribution < -0.4 is 10.5 Å². The fourth-order valence-corrected chi connectivity index (χ4v) is 3.19. The van der Waals surface area contributed by atoms with Gasteiger partial charge in [-0.15, -0.1) is 0 Å². The summed E-state index contributed by atoms with van der Waals surface area (Å²) in [6.45, 7) is 1.34. The lowest BCUT2D eigenvalue weighted by Crippen LogP contribution is -2.40.